The lowest BCUT2D eigenvalue weighted by atomic mass is 10.2. The number of nitro groups is 1. The molecule has 8 nitrogen and oxygen atoms in total. The SMILES string of the molecule is NC1=N[C@@H](/C=C/c2cccc([N+](=O)[O-])c2)n2c(nc3ccccc32)N1. The summed E-state index contributed by atoms with van der Waals surface area (Å²) in [7, 11) is 0. The lowest BCUT2D eigenvalue weighted by molar-refractivity contribution is -0.384. The van der Waals surface area contributed by atoms with Crippen molar-refractivity contribution in [1.82, 2.24) is 9.55 Å². The number of guanidine groups is 1. The fourth-order valence-electron chi connectivity index (χ4n) is 2.82. The van der Waals surface area contributed by atoms with Crippen LogP contribution in [0.3, 0.4) is 0 Å². The molecule has 124 valence electrons. The number of nitrogens with two attached hydrogens (primary N) is 1. The van der Waals surface area contributed by atoms with Crippen molar-refractivity contribution in [3.05, 3.63) is 70.3 Å². The van der Waals surface area contributed by atoms with Gasteiger partial charge in [0.05, 0.1) is 16.0 Å². The molecule has 0 unspecified atom stereocenters. The van der Waals surface area contributed by atoms with E-state index in [0.29, 0.717) is 11.5 Å². The second-order valence-corrected chi connectivity index (χ2v) is 5.56. The molecule has 8 heteroatoms. The zero-order chi connectivity index (χ0) is 17.4. The van der Waals surface area contributed by atoms with E-state index < -0.39 is 4.92 Å². The summed E-state index contributed by atoms with van der Waals surface area (Å²) in [5.74, 6) is 0.888. The Hall–Kier alpha value is -3.68. The van der Waals surface area contributed by atoms with Crippen LogP contribution >= 0.6 is 0 Å². The molecule has 0 saturated heterocycles. The molecule has 0 amide bonds. The molecule has 0 saturated carbocycles. The smallest absolute Gasteiger partial charge is 0.270 e. The maximum absolute atomic E-state index is 10.9. The first-order valence-electron chi connectivity index (χ1n) is 7.62. The van der Waals surface area contributed by atoms with Crippen LogP contribution in [-0.2, 0) is 0 Å². The van der Waals surface area contributed by atoms with Crippen LogP contribution in [0.4, 0.5) is 11.6 Å². The van der Waals surface area contributed by atoms with E-state index in [0.717, 1.165) is 11.0 Å². The van der Waals surface area contributed by atoms with Crippen molar-refractivity contribution in [2.45, 2.75) is 6.17 Å². The lowest BCUT2D eigenvalue weighted by Crippen LogP contribution is -2.30. The van der Waals surface area contributed by atoms with E-state index in [1.807, 2.05) is 34.9 Å². The van der Waals surface area contributed by atoms with Crippen LogP contribution < -0.4 is 11.1 Å². The van der Waals surface area contributed by atoms with Gasteiger partial charge in [0.25, 0.3) is 5.69 Å². The third-order valence-electron chi connectivity index (χ3n) is 3.91. The van der Waals surface area contributed by atoms with Crippen LogP contribution in [-0.4, -0.2) is 20.4 Å². The quantitative estimate of drug-likeness (QED) is 0.565. The fraction of sp³-hybridized carbons (Fsp3) is 0.0588. The molecule has 1 aliphatic rings. The Morgan fingerprint density at radius 1 is 1.24 bits per heavy atom. The van der Waals surface area contributed by atoms with Crippen LogP contribution in [0.2, 0.25) is 0 Å². The van der Waals surface area contributed by atoms with Crippen LogP contribution in [0.1, 0.15) is 11.7 Å². The van der Waals surface area contributed by atoms with Gasteiger partial charge in [0.15, 0.2) is 12.1 Å². The van der Waals surface area contributed by atoms with E-state index in [4.69, 9.17) is 5.73 Å². The highest BCUT2D eigenvalue weighted by Crippen LogP contribution is 2.29. The van der Waals surface area contributed by atoms with Crippen molar-refractivity contribution in [2.75, 3.05) is 5.32 Å². The second-order valence-electron chi connectivity index (χ2n) is 5.56. The van der Waals surface area contributed by atoms with Gasteiger partial charge in [0.1, 0.15) is 0 Å². The highest BCUT2D eigenvalue weighted by atomic mass is 16.6. The minimum atomic E-state index is -0.417. The number of nitro benzene ring substituents is 1. The summed E-state index contributed by atoms with van der Waals surface area (Å²) in [6.45, 7) is 0. The molecule has 2 aromatic carbocycles. The molecule has 3 N–H and O–H groups in total. The van der Waals surface area contributed by atoms with E-state index in [1.165, 1.54) is 12.1 Å². The monoisotopic (exact) mass is 334 g/mol. The maximum atomic E-state index is 10.9. The largest absolute Gasteiger partial charge is 0.370 e. The highest BCUT2D eigenvalue weighted by molar-refractivity contribution is 5.94. The van der Waals surface area contributed by atoms with Crippen molar-refractivity contribution in [1.29, 1.82) is 0 Å². The van der Waals surface area contributed by atoms with Gasteiger partial charge in [-0.3, -0.25) is 20.0 Å². The summed E-state index contributed by atoms with van der Waals surface area (Å²) in [4.78, 5) is 19.4. The lowest BCUT2D eigenvalue weighted by Gasteiger charge is -2.21. The number of benzene rings is 2. The Bertz CT molecular complexity index is 1040. The molecule has 0 aliphatic carbocycles. The average Bonchev–Trinajstić information content (AvgIpc) is 2.98. The number of aliphatic imine (C=N–C) groups is 1. The Labute approximate surface area is 142 Å². The first-order chi connectivity index (χ1) is 12.1. The minimum absolute atomic E-state index is 0.0456. The van der Waals surface area contributed by atoms with Gasteiger partial charge in [0.2, 0.25) is 5.95 Å². The van der Waals surface area contributed by atoms with E-state index in [-0.39, 0.29) is 17.8 Å². The van der Waals surface area contributed by atoms with Crippen molar-refractivity contribution in [3.63, 3.8) is 0 Å². The molecule has 0 spiro atoms. The Morgan fingerprint density at radius 2 is 2.08 bits per heavy atom. The topological polar surface area (TPSA) is 111 Å². The van der Waals surface area contributed by atoms with Crippen molar-refractivity contribution in [2.24, 2.45) is 10.7 Å². The number of para-hydroxylation sites is 2. The number of hydrogen-bond donors (Lipinski definition) is 2. The summed E-state index contributed by atoms with van der Waals surface area (Å²) in [6.07, 6.45) is 3.24. The van der Waals surface area contributed by atoms with Gasteiger partial charge in [-0.05, 0) is 23.8 Å². The highest BCUT2D eigenvalue weighted by Gasteiger charge is 2.21. The molecular formula is C17H14N6O2. The van der Waals surface area contributed by atoms with Crippen molar-refractivity contribution < 1.29 is 4.92 Å². The number of imidazole rings is 1. The van der Waals surface area contributed by atoms with Crippen LogP contribution in [0.25, 0.3) is 17.1 Å². The Kier molecular flexibility index (Phi) is 3.42. The molecule has 3 aromatic rings. The number of aromatic nitrogens is 2. The predicted octanol–water partition coefficient (Wildman–Crippen LogP) is 2.90. The number of rotatable bonds is 3. The van der Waals surface area contributed by atoms with Gasteiger partial charge in [-0.25, -0.2) is 9.98 Å². The van der Waals surface area contributed by atoms with E-state index in [9.17, 15) is 10.1 Å². The number of hydrogen-bond acceptors (Lipinski definition) is 6. The van der Waals surface area contributed by atoms with Gasteiger partial charge in [-0.2, -0.15) is 0 Å². The van der Waals surface area contributed by atoms with Crippen LogP contribution in [0, 0.1) is 10.1 Å². The third-order valence-corrected chi connectivity index (χ3v) is 3.91. The normalized spacial score (nSPS) is 16.5. The van der Waals surface area contributed by atoms with Gasteiger partial charge < -0.3 is 5.73 Å². The first-order valence-corrected chi connectivity index (χ1v) is 7.62. The second kappa shape index (κ2) is 5.75. The van der Waals surface area contributed by atoms with Gasteiger partial charge in [-0.1, -0.05) is 30.3 Å². The number of nitrogens with zero attached hydrogens (tertiary/aromatic N) is 4. The number of non-ortho nitro benzene ring substituents is 1. The van der Waals surface area contributed by atoms with Crippen molar-refractivity contribution in [3.8, 4) is 0 Å². The van der Waals surface area contributed by atoms with E-state index in [1.54, 1.807) is 18.2 Å². The van der Waals surface area contributed by atoms with Crippen LogP contribution in [0.5, 0.6) is 0 Å². The number of fused-ring (bicyclic) bond motifs is 3. The minimum Gasteiger partial charge on any atom is -0.370 e. The Balaban J connectivity index is 1.74. The fourth-order valence-corrected chi connectivity index (χ4v) is 2.82. The van der Waals surface area contributed by atoms with E-state index >= 15 is 0 Å². The summed E-state index contributed by atoms with van der Waals surface area (Å²) in [5.41, 5.74) is 8.38. The molecule has 0 radical (unpaired) electrons. The molecule has 2 heterocycles. The predicted molar refractivity (Wildman–Crippen MR) is 96.1 cm³/mol. The molecule has 1 atom stereocenters. The van der Waals surface area contributed by atoms with Gasteiger partial charge in [-0.15, -0.1) is 0 Å². The summed E-state index contributed by atoms with van der Waals surface area (Å²) in [6, 6.07) is 14.1. The third kappa shape index (κ3) is 2.69. The number of nitrogens with one attached hydrogen (secondary N) is 1. The summed E-state index contributed by atoms with van der Waals surface area (Å²) in [5, 5.41) is 13.9. The van der Waals surface area contributed by atoms with E-state index in [2.05, 4.69) is 15.3 Å². The molecule has 1 aliphatic heterocycles. The Morgan fingerprint density at radius 3 is 2.92 bits per heavy atom. The maximum Gasteiger partial charge on any atom is 0.270 e. The van der Waals surface area contributed by atoms with Gasteiger partial charge >= 0.3 is 0 Å². The standard InChI is InChI=1S/C17H14N6O2/c18-16-20-15(9-8-11-4-3-5-12(10-11)23(24)25)22-14-7-2-1-6-13(14)19-17(22)21-16/h1-10,15H,(H3,18,19,20,21)/b9-8+/t15-/m1/s1. The number of anilines is 1. The van der Waals surface area contributed by atoms with Gasteiger partial charge in [0, 0.05) is 12.1 Å². The molecule has 1 aromatic heterocycles. The van der Waals surface area contributed by atoms with Crippen molar-refractivity contribution >= 4 is 34.7 Å². The average molecular weight is 334 g/mol. The molecule has 0 fully saturated rings. The summed E-state index contributed by atoms with van der Waals surface area (Å²) >= 11 is 0. The molecule has 4 rings (SSSR count). The molecule has 0 bridgehead atoms. The zero-order valence-electron chi connectivity index (χ0n) is 13.0. The zero-order valence-corrected chi connectivity index (χ0v) is 13.0. The van der Waals surface area contributed by atoms with Crippen LogP contribution in [0.15, 0.2) is 59.6 Å². The summed E-state index contributed by atoms with van der Waals surface area (Å²) < 4.78 is 1.93. The molecular weight excluding hydrogens is 320 g/mol. The first kappa shape index (κ1) is 14.9. The molecule has 25 heavy (non-hydrogen) atoms.